The highest BCUT2D eigenvalue weighted by Crippen LogP contribution is 2.11. The first kappa shape index (κ1) is 8.16. The molecular formula is C10H8N4O. The van der Waals surface area contributed by atoms with Crippen molar-refractivity contribution in [3.05, 3.63) is 34.6 Å². The predicted octanol–water partition coefficient (Wildman–Crippen LogP) is 0.810. The van der Waals surface area contributed by atoms with E-state index in [1.165, 1.54) is 0 Å². The number of hydrogen-bond acceptors (Lipinski definition) is 3. The van der Waals surface area contributed by atoms with E-state index >= 15 is 0 Å². The number of para-hydroxylation sites is 2. The van der Waals surface area contributed by atoms with E-state index in [1.807, 2.05) is 24.3 Å². The van der Waals surface area contributed by atoms with Crippen LogP contribution in [0.25, 0.3) is 22.2 Å². The van der Waals surface area contributed by atoms with Crippen LogP contribution in [0.2, 0.25) is 0 Å². The molecule has 2 aromatic heterocycles. The van der Waals surface area contributed by atoms with E-state index in [9.17, 15) is 4.79 Å². The average Bonchev–Trinajstić information content (AvgIpc) is 2.52. The minimum atomic E-state index is -0.203. The summed E-state index contributed by atoms with van der Waals surface area (Å²) in [5, 5.41) is 2.63. The Kier molecular flexibility index (Phi) is 1.45. The Bertz CT molecular complexity index is 710. The molecule has 0 atom stereocenters. The fraction of sp³-hybridized carbons (Fsp3) is 0.100. The third kappa shape index (κ3) is 1.06. The molecule has 3 aromatic rings. The highest BCUT2D eigenvalue weighted by molar-refractivity contribution is 5.83. The van der Waals surface area contributed by atoms with Crippen molar-refractivity contribution in [2.24, 2.45) is 7.05 Å². The van der Waals surface area contributed by atoms with Gasteiger partial charge in [0.05, 0.1) is 11.0 Å². The molecule has 0 aliphatic heterocycles. The molecule has 0 saturated carbocycles. The maximum absolute atomic E-state index is 11.5. The molecule has 0 bridgehead atoms. The summed E-state index contributed by atoms with van der Waals surface area (Å²) in [5.41, 5.74) is 2.29. The normalized spacial score (nSPS) is 11.3. The summed E-state index contributed by atoms with van der Waals surface area (Å²) >= 11 is 0. The standard InChI is InChI=1S/C10H8N4O/c1-14-9-8(10(15)13-14)11-6-4-2-3-5-7(6)12-9/h2-5H,1H3,(H,13,15). The van der Waals surface area contributed by atoms with Crippen molar-refractivity contribution < 1.29 is 0 Å². The van der Waals surface area contributed by atoms with Crippen LogP contribution in [-0.4, -0.2) is 19.7 Å². The molecule has 0 aliphatic rings. The zero-order chi connectivity index (χ0) is 10.4. The lowest BCUT2D eigenvalue weighted by atomic mass is 10.3. The highest BCUT2D eigenvalue weighted by Gasteiger charge is 2.08. The Hall–Kier alpha value is -2.17. The van der Waals surface area contributed by atoms with Crippen LogP contribution in [0, 0.1) is 0 Å². The van der Waals surface area contributed by atoms with Gasteiger partial charge in [-0.1, -0.05) is 12.1 Å². The second-order valence-corrected chi connectivity index (χ2v) is 3.38. The second kappa shape index (κ2) is 2.66. The smallest absolute Gasteiger partial charge is 0.269 e. The molecule has 15 heavy (non-hydrogen) atoms. The quantitative estimate of drug-likeness (QED) is 0.584. The number of aromatic nitrogens is 4. The van der Waals surface area contributed by atoms with Crippen LogP contribution in [0.3, 0.4) is 0 Å². The number of fused-ring (bicyclic) bond motifs is 2. The van der Waals surface area contributed by atoms with Gasteiger partial charge in [-0.05, 0) is 12.1 Å². The van der Waals surface area contributed by atoms with E-state index in [-0.39, 0.29) is 5.56 Å². The average molecular weight is 200 g/mol. The molecule has 0 amide bonds. The lowest BCUT2D eigenvalue weighted by molar-refractivity contribution is 0.775. The molecule has 1 N–H and O–H groups in total. The van der Waals surface area contributed by atoms with Crippen molar-refractivity contribution in [2.75, 3.05) is 0 Å². The van der Waals surface area contributed by atoms with Crippen LogP contribution in [0.1, 0.15) is 0 Å². The van der Waals surface area contributed by atoms with E-state index < -0.39 is 0 Å². The lowest BCUT2D eigenvalue weighted by Crippen LogP contribution is -2.02. The highest BCUT2D eigenvalue weighted by atomic mass is 16.1. The number of aryl methyl sites for hydroxylation is 1. The van der Waals surface area contributed by atoms with Crippen LogP contribution >= 0.6 is 0 Å². The van der Waals surface area contributed by atoms with Crippen molar-refractivity contribution >= 4 is 22.2 Å². The Morgan fingerprint density at radius 3 is 2.60 bits per heavy atom. The van der Waals surface area contributed by atoms with E-state index in [0.29, 0.717) is 11.2 Å². The summed E-state index contributed by atoms with van der Waals surface area (Å²) in [6.45, 7) is 0. The van der Waals surface area contributed by atoms with Gasteiger partial charge in [-0.3, -0.25) is 14.6 Å². The summed E-state index contributed by atoms with van der Waals surface area (Å²) in [5.74, 6) is 0. The monoisotopic (exact) mass is 200 g/mol. The first-order chi connectivity index (χ1) is 7.25. The molecule has 0 saturated heterocycles. The Labute approximate surface area is 84.4 Å². The molecule has 0 spiro atoms. The zero-order valence-corrected chi connectivity index (χ0v) is 8.06. The van der Waals surface area contributed by atoms with Gasteiger partial charge in [0.2, 0.25) is 0 Å². The van der Waals surface area contributed by atoms with Gasteiger partial charge in [0, 0.05) is 7.05 Å². The summed E-state index contributed by atoms with van der Waals surface area (Å²) in [7, 11) is 1.74. The second-order valence-electron chi connectivity index (χ2n) is 3.38. The molecule has 0 aliphatic carbocycles. The SMILES string of the molecule is Cn1[nH]c(=O)c2nc3ccccc3nc21. The summed E-state index contributed by atoms with van der Waals surface area (Å²) in [6.07, 6.45) is 0. The molecule has 5 nitrogen and oxygen atoms in total. The predicted molar refractivity (Wildman–Crippen MR) is 56.6 cm³/mol. The van der Waals surface area contributed by atoms with Gasteiger partial charge in [0.1, 0.15) is 0 Å². The Morgan fingerprint density at radius 2 is 1.87 bits per heavy atom. The van der Waals surface area contributed by atoms with Crippen molar-refractivity contribution in [3.8, 4) is 0 Å². The first-order valence-corrected chi connectivity index (χ1v) is 4.57. The summed E-state index contributed by atoms with van der Waals surface area (Å²) in [6, 6.07) is 7.49. The first-order valence-electron chi connectivity index (χ1n) is 4.57. The molecule has 1 aromatic carbocycles. The fourth-order valence-electron chi connectivity index (χ4n) is 1.64. The van der Waals surface area contributed by atoms with Crippen LogP contribution in [0.5, 0.6) is 0 Å². The van der Waals surface area contributed by atoms with Crippen molar-refractivity contribution in [1.82, 2.24) is 19.7 Å². The molecule has 0 radical (unpaired) electrons. The fourth-order valence-corrected chi connectivity index (χ4v) is 1.64. The molecule has 74 valence electrons. The van der Waals surface area contributed by atoms with Crippen molar-refractivity contribution in [3.63, 3.8) is 0 Å². The number of aromatic amines is 1. The molecule has 0 unspecified atom stereocenters. The van der Waals surface area contributed by atoms with E-state index in [1.54, 1.807) is 11.7 Å². The molecule has 2 heterocycles. The Morgan fingerprint density at radius 1 is 1.20 bits per heavy atom. The van der Waals surface area contributed by atoms with E-state index in [0.717, 1.165) is 11.0 Å². The third-order valence-corrected chi connectivity index (χ3v) is 2.35. The van der Waals surface area contributed by atoms with Crippen LogP contribution in [-0.2, 0) is 7.05 Å². The van der Waals surface area contributed by atoms with Gasteiger partial charge in [0.25, 0.3) is 5.56 Å². The van der Waals surface area contributed by atoms with Gasteiger partial charge in [0.15, 0.2) is 11.2 Å². The maximum Gasteiger partial charge on any atom is 0.292 e. The number of H-pyrrole nitrogens is 1. The third-order valence-electron chi connectivity index (χ3n) is 2.35. The van der Waals surface area contributed by atoms with E-state index in [4.69, 9.17) is 0 Å². The van der Waals surface area contributed by atoms with Crippen molar-refractivity contribution in [1.29, 1.82) is 0 Å². The Balaban J connectivity index is 2.61. The molecule has 5 heteroatoms. The number of nitrogens with one attached hydrogen (secondary N) is 1. The van der Waals surface area contributed by atoms with E-state index in [2.05, 4.69) is 15.1 Å². The minimum absolute atomic E-state index is 0.203. The minimum Gasteiger partial charge on any atom is -0.269 e. The van der Waals surface area contributed by atoms with Gasteiger partial charge in [-0.25, -0.2) is 9.97 Å². The topological polar surface area (TPSA) is 63.6 Å². The van der Waals surface area contributed by atoms with Gasteiger partial charge in [-0.15, -0.1) is 0 Å². The number of rotatable bonds is 0. The summed E-state index contributed by atoms with van der Waals surface area (Å²) in [4.78, 5) is 20.1. The number of benzene rings is 1. The number of nitrogens with zero attached hydrogens (tertiary/aromatic N) is 3. The maximum atomic E-state index is 11.5. The zero-order valence-electron chi connectivity index (χ0n) is 8.06. The van der Waals surface area contributed by atoms with Gasteiger partial charge in [-0.2, -0.15) is 0 Å². The lowest BCUT2D eigenvalue weighted by Gasteiger charge is -1.96. The van der Waals surface area contributed by atoms with Crippen LogP contribution in [0.4, 0.5) is 0 Å². The van der Waals surface area contributed by atoms with Gasteiger partial charge < -0.3 is 0 Å². The molecular weight excluding hydrogens is 192 g/mol. The number of hydrogen-bond donors (Lipinski definition) is 1. The van der Waals surface area contributed by atoms with Crippen LogP contribution < -0.4 is 5.56 Å². The largest absolute Gasteiger partial charge is 0.292 e. The van der Waals surface area contributed by atoms with Crippen LogP contribution in [0.15, 0.2) is 29.1 Å². The molecule has 3 rings (SSSR count). The van der Waals surface area contributed by atoms with Crippen molar-refractivity contribution in [2.45, 2.75) is 0 Å². The van der Waals surface area contributed by atoms with Gasteiger partial charge >= 0.3 is 0 Å². The summed E-state index contributed by atoms with van der Waals surface area (Å²) < 4.78 is 1.58. The molecule has 0 fully saturated rings.